The third kappa shape index (κ3) is 3.25. The van der Waals surface area contributed by atoms with Crippen molar-refractivity contribution < 1.29 is 19.4 Å². The lowest BCUT2D eigenvalue weighted by atomic mass is 9.94. The van der Waals surface area contributed by atoms with Crippen molar-refractivity contribution in [1.82, 2.24) is 14.9 Å². The Labute approximate surface area is 152 Å². The van der Waals surface area contributed by atoms with E-state index in [1.807, 2.05) is 0 Å². The molecule has 1 N–H and O–H groups in total. The van der Waals surface area contributed by atoms with Crippen LogP contribution in [0.3, 0.4) is 0 Å². The number of carboxylic acid groups (broad SMARTS) is 1. The molecule has 140 valence electrons. The molecule has 1 aliphatic carbocycles. The Kier molecular flexibility index (Phi) is 4.76. The van der Waals surface area contributed by atoms with E-state index < -0.39 is 12.1 Å². The normalized spacial score (nSPS) is 23.0. The van der Waals surface area contributed by atoms with E-state index in [0.717, 1.165) is 62.9 Å². The molecule has 1 aromatic heterocycles. The molecule has 8 heteroatoms. The third-order valence-electron chi connectivity index (χ3n) is 5.39. The summed E-state index contributed by atoms with van der Waals surface area (Å²) in [4.78, 5) is 37.5. The van der Waals surface area contributed by atoms with Gasteiger partial charge in [-0.05, 0) is 38.5 Å². The van der Waals surface area contributed by atoms with E-state index in [2.05, 4.69) is 9.88 Å². The van der Waals surface area contributed by atoms with Gasteiger partial charge in [-0.2, -0.15) is 0 Å². The van der Waals surface area contributed by atoms with Gasteiger partial charge in [0.15, 0.2) is 6.10 Å². The molecule has 2 saturated heterocycles. The monoisotopic (exact) mass is 360 g/mol. The Morgan fingerprint density at radius 3 is 2.58 bits per heavy atom. The van der Waals surface area contributed by atoms with Crippen LogP contribution >= 0.6 is 0 Å². The van der Waals surface area contributed by atoms with Gasteiger partial charge in [0.25, 0.3) is 5.91 Å². The number of fused-ring (bicyclic) bond motifs is 1. The van der Waals surface area contributed by atoms with Crippen molar-refractivity contribution in [2.75, 3.05) is 37.7 Å². The molecule has 0 aromatic carbocycles. The summed E-state index contributed by atoms with van der Waals surface area (Å²) < 4.78 is 5.24. The van der Waals surface area contributed by atoms with Crippen LogP contribution in [0.15, 0.2) is 0 Å². The van der Waals surface area contributed by atoms with Crippen LogP contribution < -0.4 is 4.90 Å². The van der Waals surface area contributed by atoms with Gasteiger partial charge in [-0.3, -0.25) is 4.79 Å². The number of aliphatic carboxylic acids is 1. The first-order valence-electron chi connectivity index (χ1n) is 9.42. The van der Waals surface area contributed by atoms with Gasteiger partial charge in [0, 0.05) is 30.9 Å². The summed E-state index contributed by atoms with van der Waals surface area (Å²) in [5.74, 6) is -0.583. The number of hydrogen-bond acceptors (Lipinski definition) is 6. The van der Waals surface area contributed by atoms with Gasteiger partial charge in [-0.15, -0.1) is 0 Å². The van der Waals surface area contributed by atoms with Crippen molar-refractivity contribution in [3.8, 4) is 0 Å². The number of carbonyl (C=O) groups excluding carboxylic acids is 1. The van der Waals surface area contributed by atoms with Crippen LogP contribution in [0.1, 0.15) is 47.4 Å². The Bertz CT molecular complexity index is 717. The van der Waals surface area contributed by atoms with Crippen LogP contribution in [-0.2, 0) is 22.4 Å². The average molecular weight is 360 g/mol. The van der Waals surface area contributed by atoms with Gasteiger partial charge >= 0.3 is 5.97 Å². The molecule has 0 saturated carbocycles. The minimum Gasteiger partial charge on any atom is -0.479 e. The highest BCUT2D eigenvalue weighted by Crippen LogP contribution is 2.27. The maximum Gasteiger partial charge on any atom is 0.334 e. The van der Waals surface area contributed by atoms with Crippen molar-refractivity contribution >= 4 is 17.8 Å². The Morgan fingerprint density at radius 1 is 1.04 bits per heavy atom. The molecular formula is C18H24N4O4. The minimum absolute atomic E-state index is 0.0615. The van der Waals surface area contributed by atoms with Gasteiger partial charge in [0.1, 0.15) is 5.69 Å². The zero-order valence-electron chi connectivity index (χ0n) is 14.8. The molecule has 8 nitrogen and oxygen atoms in total. The number of ether oxygens (including phenoxy) is 1. The fourth-order valence-electron chi connectivity index (χ4n) is 3.95. The van der Waals surface area contributed by atoms with E-state index in [9.17, 15) is 14.7 Å². The summed E-state index contributed by atoms with van der Waals surface area (Å²) in [6.45, 7) is 2.53. The van der Waals surface area contributed by atoms with Gasteiger partial charge in [-0.1, -0.05) is 0 Å². The highest BCUT2D eigenvalue weighted by molar-refractivity contribution is 5.95. The molecule has 1 aromatic rings. The maximum absolute atomic E-state index is 13.2. The second-order valence-corrected chi connectivity index (χ2v) is 7.15. The van der Waals surface area contributed by atoms with E-state index >= 15 is 0 Å². The van der Waals surface area contributed by atoms with Gasteiger partial charge < -0.3 is 19.6 Å². The van der Waals surface area contributed by atoms with E-state index in [1.165, 1.54) is 0 Å². The summed E-state index contributed by atoms with van der Waals surface area (Å²) in [6, 6.07) is 0. The first-order valence-corrected chi connectivity index (χ1v) is 9.42. The van der Waals surface area contributed by atoms with E-state index in [-0.39, 0.29) is 19.1 Å². The molecule has 26 heavy (non-hydrogen) atoms. The number of morpholine rings is 1. The lowest BCUT2D eigenvalue weighted by Gasteiger charge is -2.32. The van der Waals surface area contributed by atoms with Gasteiger partial charge in [0.05, 0.1) is 13.2 Å². The molecule has 0 bridgehead atoms. The van der Waals surface area contributed by atoms with Crippen LogP contribution in [0.4, 0.5) is 5.95 Å². The molecule has 2 fully saturated rings. The second kappa shape index (κ2) is 7.19. The molecular weight excluding hydrogens is 336 g/mol. The first kappa shape index (κ1) is 17.2. The topological polar surface area (TPSA) is 95.9 Å². The third-order valence-corrected chi connectivity index (χ3v) is 5.39. The highest BCUT2D eigenvalue weighted by Gasteiger charge is 2.33. The SMILES string of the molecule is O=C(O)[C@@H]1CN(C(=O)c2nc(N3CCCC3)nc3c2CCCC3)CCO1. The highest BCUT2D eigenvalue weighted by atomic mass is 16.5. The van der Waals surface area contributed by atoms with Crippen molar-refractivity contribution in [1.29, 1.82) is 0 Å². The minimum atomic E-state index is -1.04. The van der Waals surface area contributed by atoms with Crippen molar-refractivity contribution in [3.63, 3.8) is 0 Å². The molecule has 0 radical (unpaired) electrons. The lowest BCUT2D eigenvalue weighted by molar-refractivity contribution is -0.154. The maximum atomic E-state index is 13.2. The summed E-state index contributed by atoms with van der Waals surface area (Å²) in [6.07, 6.45) is 5.06. The number of aryl methyl sites for hydroxylation is 1. The Balaban J connectivity index is 1.66. The predicted molar refractivity (Wildman–Crippen MR) is 93.4 cm³/mol. The summed E-state index contributed by atoms with van der Waals surface area (Å²) >= 11 is 0. The molecule has 2 aliphatic heterocycles. The molecule has 3 heterocycles. The fourth-order valence-corrected chi connectivity index (χ4v) is 3.95. The van der Waals surface area contributed by atoms with E-state index in [4.69, 9.17) is 9.72 Å². The number of aromatic nitrogens is 2. The molecule has 0 unspecified atom stereocenters. The standard InChI is InChI=1S/C18H24N4O4/c23-16(22-9-10-26-14(11-22)17(24)25)15-12-5-1-2-6-13(12)19-18(20-15)21-7-3-4-8-21/h14H,1-11H2,(H,24,25)/t14-/m0/s1. The van der Waals surface area contributed by atoms with Crippen LogP contribution in [0.25, 0.3) is 0 Å². The zero-order chi connectivity index (χ0) is 18.1. The predicted octanol–water partition coefficient (Wildman–Crippen LogP) is 0.881. The number of hydrogen-bond donors (Lipinski definition) is 1. The van der Waals surface area contributed by atoms with Gasteiger partial charge in [0.2, 0.25) is 5.95 Å². The van der Waals surface area contributed by atoms with E-state index in [0.29, 0.717) is 18.2 Å². The smallest absolute Gasteiger partial charge is 0.334 e. The van der Waals surface area contributed by atoms with Crippen molar-refractivity contribution in [2.24, 2.45) is 0 Å². The van der Waals surface area contributed by atoms with Crippen LogP contribution in [0.2, 0.25) is 0 Å². The quantitative estimate of drug-likeness (QED) is 0.855. The number of rotatable bonds is 3. The summed E-state index contributed by atoms with van der Waals surface area (Å²) in [5.41, 5.74) is 2.39. The number of anilines is 1. The largest absolute Gasteiger partial charge is 0.479 e. The molecule has 1 atom stereocenters. The second-order valence-electron chi connectivity index (χ2n) is 7.15. The number of nitrogens with zero attached hydrogens (tertiary/aromatic N) is 4. The number of carbonyl (C=O) groups is 2. The Hall–Kier alpha value is -2.22. The van der Waals surface area contributed by atoms with Gasteiger partial charge in [-0.25, -0.2) is 14.8 Å². The summed E-state index contributed by atoms with van der Waals surface area (Å²) in [7, 11) is 0. The molecule has 1 amide bonds. The number of amides is 1. The van der Waals surface area contributed by atoms with Crippen molar-refractivity contribution in [2.45, 2.75) is 44.6 Å². The number of carboxylic acids is 1. The van der Waals surface area contributed by atoms with Crippen molar-refractivity contribution in [3.05, 3.63) is 17.0 Å². The molecule has 3 aliphatic rings. The van der Waals surface area contributed by atoms with Crippen LogP contribution in [0.5, 0.6) is 0 Å². The lowest BCUT2D eigenvalue weighted by Crippen LogP contribution is -2.49. The van der Waals surface area contributed by atoms with Crippen LogP contribution in [-0.4, -0.2) is 70.7 Å². The first-order chi connectivity index (χ1) is 12.6. The zero-order valence-corrected chi connectivity index (χ0v) is 14.8. The summed E-state index contributed by atoms with van der Waals surface area (Å²) in [5, 5.41) is 9.19. The molecule has 4 rings (SSSR count). The fraction of sp³-hybridized carbons (Fsp3) is 0.667. The van der Waals surface area contributed by atoms with Crippen LogP contribution in [0, 0.1) is 0 Å². The Morgan fingerprint density at radius 2 is 1.81 bits per heavy atom. The average Bonchev–Trinajstić information content (AvgIpc) is 3.21. The molecule has 0 spiro atoms. The van der Waals surface area contributed by atoms with E-state index in [1.54, 1.807) is 4.90 Å².